The molecule has 0 N–H and O–H groups in total. The largest absolute Gasteiger partial charge is 0.174 e. The van der Waals surface area contributed by atoms with Crippen LogP contribution in [0.1, 0.15) is 10.6 Å². The lowest BCUT2D eigenvalue weighted by Gasteiger charge is -1.98. The van der Waals surface area contributed by atoms with Crippen LogP contribution in [0.4, 0.5) is 0 Å². The molecule has 0 fully saturated rings. The van der Waals surface area contributed by atoms with Crippen LogP contribution < -0.4 is 0 Å². The molecular formula is C10H9BrN2S2. The Balaban J connectivity index is 1.96. The van der Waals surface area contributed by atoms with Crippen molar-refractivity contribution >= 4 is 39.0 Å². The molecule has 1 aromatic carbocycles. The number of benzene rings is 1. The zero-order valence-corrected chi connectivity index (χ0v) is 11.3. The van der Waals surface area contributed by atoms with Crippen molar-refractivity contribution in [3.63, 3.8) is 0 Å². The van der Waals surface area contributed by atoms with E-state index in [1.807, 2.05) is 6.92 Å². The van der Waals surface area contributed by atoms with Gasteiger partial charge in [-0.15, -0.1) is 10.2 Å². The second-order valence-electron chi connectivity index (χ2n) is 3.00. The molecule has 1 aromatic heterocycles. The Morgan fingerprint density at radius 2 is 2.00 bits per heavy atom. The maximum absolute atomic E-state index is 4.07. The van der Waals surface area contributed by atoms with Crippen LogP contribution in [0.15, 0.2) is 33.1 Å². The first-order valence-corrected chi connectivity index (χ1v) is 7.01. The number of thioether (sulfide) groups is 1. The van der Waals surface area contributed by atoms with E-state index in [2.05, 4.69) is 50.4 Å². The Kier molecular flexibility index (Phi) is 3.77. The smallest absolute Gasteiger partial charge is 0.143 e. The van der Waals surface area contributed by atoms with Crippen LogP contribution in [0.3, 0.4) is 0 Å². The average molecular weight is 301 g/mol. The zero-order chi connectivity index (χ0) is 10.7. The minimum absolute atomic E-state index is 0.946. The normalized spacial score (nSPS) is 10.5. The minimum Gasteiger partial charge on any atom is -0.143 e. The summed E-state index contributed by atoms with van der Waals surface area (Å²) in [4.78, 5) is 0. The average Bonchev–Trinajstić information content (AvgIpc) is 2.64. The minimum atomic E-state index is 0.946. The highest BCUT2D eigenvalue weighted by Crippen LogP contribution is 2.25. The molecule has 0 radical (unpaired) electrons. The molecule has 0 amide bonds. The summed E-state index contributed by atoms with van der Waals surface area (Å²) >= 11 is 6.79. The summed E-state index contributed by atoms with van der Waals surface area (Å²) in [7, 11) is 0. The van der Waals surface area contributed by atoms with Crippen molar-refractivity contribution in [1.82, 2.24) is 10.2 Å². The number of hydrogen-bond acceptors (Lipinski definition) is 4. The third kappa shape index (κ3) is 3.29. The van der Waals surface area contributed by atoms with Gasteiger partial charge in [-0.1, -0.05) is 51.2 Å². The van der Waals surface area contributed by atoms with E-state index in [4.69, 9.17) is 0 Å². The van der Waals surface area contributed by atoms with Gasteiger partial charge in [0.1, 0.15) is 5.01 Å². The highest BCUT2D eigenvalue weighted by Gasteiger charge is 2.01. The Bertz CT molecular complexity index is 439. The summed E-state index contributed by atoms with van der Waals surface area (Å²) in [6, 6.07) is 8.35. The second-order valence-corrected chi connectivity index (χ2v) is 6.32. The maximum atomic E-state index is 4.07. The van der Waals surface area contributed by atoms with Crippen molar-refractivity contribution in [2.75, 3.05) is 0 Å². The summed E-state index contributed by atoms with van der Waals surface area (Å²) in [6.07, 6.45) is 0. The van der Waals surface area contributed by atoms with Gasteiger partial charge in [-0.25, -0.2) is 0 Å². The summed E-state index contributed by atoms with van der Waals surface area (Å²) in [5.74, 6) is 0.946. The first-order chi connectivity index (χ1) is 7.24. The second kappa shape index (κ2) is 5.09. The Morgan fingerprint density at radius 1 is 1.27 bits per heavy atom. The summed E-state index contributed by atoms with van der Waals surface area (Å²) in [5, 5.41) is 9.08. The molecule has 1 heterocycles. The molecule has 0 atom stereocenters. The third-order valence-electron chi connectivity index (χ3n) is 1.78. The topological polar surface area (TPSA) is 25.8 Å². The van der Waals surface area contributed by atoms with Crippen LogP contribution in [0.2, 0.25) is 0 Å². The van der Waals surface area contributed by atoms with E-state index >= 15 is 0 Å². The van der Waals surface area contributed by atoms with E-state index in [1.165, 1.54) is 5.56 Å². The molecule has 0 spiro atoms. The third-order valence-corrected chi connectivity index (χ3v) is 4.35. The summed E-state index contributed by atoms with van der Waals surface area (Å²) < 4.78 is 2.15. The Morgan fingerprint density at radius 3 is 2.60 bits per heavy atom. The fraction of sp³-hybridized carbons (Fsp3) is 0.200. The van der Waals surface area contributed by atoms with E-state index in [1.54, 1.807) is 23.1 Å². The first-order valence-electron chi connectivity index (χ1n) is 4.41. The maximum Gasteiger partial charge on any atom is 0.174 e. The van der Waals surface area contributed by atoms with Gasteiger partial charge < -0.3 is 0 Å². The molecule has 2 nitrogen and oxygen atoms in total. The highest BCUT2D eigenvalue weighted by molar-refractivity contribution is 9.10. The van der Waals surface area contributed by atoms with Crippen molar-refractivity contribution in [2.45, 2.75) is 17.0 Å². The number of aromatic nitrogens is 2. The van der Waals surface area contributed by atoms with Gasteiger partial charge >= 0.3 is 0 Å². The molecule has 78 valence electrons. The van der Waals surface area contributed by atoms with Gasteiger partial charge in [-0.05, 0) is 24.6 Å². The van der Waals surface area contributed by atoms with Crippen LogP contribution in [-0.4, -0.2) is 10.2 Å². The van der Waals surface area contributed by atoms with Crippen LogP contribution in [0.25, 0.3) is 0 Å². The van der Waals surface area contributed by atoms with Crippen molar-refractivity contribution in [3.05, 3.63) is 39.3 Å². The molecule has 5 heteroatoms. The van der Waals surface area contributed by atoms with Gasteiger partial charge in [0.2, 0.25) is 0 Å². The molecule has 0 aliphatic rings. The quantitative estimate of drug-likeness (QED) is 0.804. The van der Waals surface area contributed by atoms with Gasteiger partial charge in [-0.3, -0.25) is 0 Å². The lowest BCUT2D eigenvalue weighted by atomic mass is 10.2. The van der Waals surface area contributed by atoms with E-state index in [-0.39, 0.29) is 0 Å². The van der Waals surface area contributed by atoms with Crippen molar-refractivity contribution in [3.8, 4) is 0 Å². The van der Waals surface area contributed by atoms with Crippen LogP contribution >= 0.6 is 39.0 Å². The summed E-state index contributed by atoms with van der Waals surface area (Å²) in [5.41, 5.74) is 1.30. The number of rotatable bonds is 3. The molecule has 0 unspecified atom stereocenters. The van der Waals surface area contributed by atoms with Gasteiger partial charge in [0.25, 0.3) is 0 Å². The predicted molar refractivity (Wildman–Crippen MR) is 68.3 cm³/mol. The fourth-order valence-corrected chi connectivity index (χ4v) is 3.10. The fourth-order valence-electron chi connectivity index (χ4n) is 1.06. The molecule has 15 heavy (non-hydrogen) atoms. The molecule has 2 rings (SSSR count). The van der Waals surface area contributed by atoms with E-state index in [0.29, 0.717) is 0 Å². The SMILES string of the molecule is Cc1nnc(SCc2ccc(Br)cc2)s1. The molecule has 0 aliphatic heterocycles. The van der Waals surface area contributed by atoms with E-state index < -0.39 is 0 Å². The predicted octanol–water partition coefficient (Wildman–Crippen LogP) is 3.90. The van der Waals surface area contributed by atoms with Crippen molar-refractivity contribution in [1.29, 1.82) is 0 Å². The number of halogens is 1. The van der Waals surface area contributed by atoms with Crippen molar-refractivity contribution in [2.24, 2.45) is 0 Å². The van der Waals surface area contributed by atoms with E-state index in [9.17, 15) is 0 Å². The monoisotopic (exact) mass is 300 g/mol. The van der Waals surface area contributed by atoms with Gasteiger partial charge in [0, 0.05) is 10.2 Å². The zero-order valence-electron chi connectivity index (χ0n) is 8.11. The standard InChI is InChI=1S/C10H9BrN2S2/c1-7-12-13-10(15-7)14-6-8-2-4-9(11)5-3-8/h2-5H,6H2,1H3. The Hall–Kier alpha value is -0.390. The molecule has 0 saturated carbocycles. The molecule has 2 aromatic rings. The van der Waals surface area contributed by atoms with Gasteiger partial charge in [0.05, 0.1) is 0 Å². The number of hydrogen-bond donors (Lipinski definition) is 0. The van der Waals surface area contributed by atoms with Crippen LogP contribution in [0, 0.1) is 6.92 Å². The van der Waals surface area contributed by atoms with Crippen LogP contribution in [0.5, 0.6) is 0 Å². The molecule has 0 bridgehead atoms. The number of nitrogens with zero attached hydrogens (tertiary/aromatic N) is 2. The van der Waals surface area contributed by atoms with Gasteiger partial charge in [-0.2, -0.15) is 0 Å². The van der Waals surface area contributed by atoms with Crippen molar-refractivity contribution < 1.29 is 0 Å². The highest BCUT2D eigenvalue weighted by atomic mass is 79.9. The van der Waals surface area contributed by atoms with E-state index in [0.717, 1.165) is 19.6 Å². The van der Waals surface area contributed by atoms with Crippen LogP contribution in [-0.2, 0) is 5.75 Å². The molecular weight excluding hydrogens is 292 g/mol. The first kappa shape index (κ1) is 11.1. The van der Waals surface area contributed by atoms with Gasteiger partial charge in [0.15, 0.2) is 4.34 Å². The Labute approximate surface area is 105 Å². The summed E-state index contributed by atoms with van der Waals surface area (Å²) in [6.45, 7) is 1.97. The molecule has 0 saturated heterocycles. The lowest BCUT2D eigenvalue weighted by molar-refractivity contribution is 0.983. The number of aryl methyl sites for hydroxylation is 1. The lowest BCUT2D eigenvalue weighted by Crippen LogP contribution is -1.79. The molecule has 0 aliphatic carbocycles.